The highest BCUT2D eigenvalue weighted by Crippen LogP contribution is 2.39. The van der Waals surface area contributed by atoms with Crippen molar-refractivity contribution in [3.8, 4) is 11.5 Å². The molecule has 0 fully saturated rings. The molecule has 0 spiro atoms. The lowest BCUT2D eigenvalue weighted by Crippen LogP contribution is -2.23. The number of rotatable bonds is 2. The molecule has 3 aromatic rings. The molecule has 110 valence electrons. The molecule has 3 aromatic carbocycles. The molecule has 0 bridgehead atoms. The maximum atomic E-state index is 9.99. The highest BCUT2D eigenvalue weighted by atomic mass is 16.5. The Kier molecular flexibility index (Phi) is 2.82. The molecule has 0 saturated heterocycles. The first-order chi connectivity index (χ1) is 10.8. The van der Waals surface area contributed by atoms with Crippen molar-refractivity contribution < 1.29 is 9.84 Å². The summed E-state index contributed by atoms with van der Waals surface area (Å²) in [6, 6.07) is 17.9. The van der Waals surface area contributed by atoms with Gasteiger partial charge in [-0.25, -0.2) is 0 Å². The van der Waals surface area contributed by atoms with E-state index < -0.39 is 0 Å². The van der Waals surface area contributed by atoms with Gasteiger partial charge in [-0.1, -0.05) is 30.3 Å². The third-order valence-corrected chi connectivity index (χ3v) is 4.04. The quantitative estimate of drug-likeness (QED) is 0.666. The van der Waals surface area contributed by atoms with Gasteiger partial charge in [0.05, 0.1) is 7.11 Å². The molecule has 0 atom stereocenters. The SMILES string of the molecule is COc1ccc(C2Nc3cccc4cccc(c34)N2)cc1O. The molecule has 0 amide bonds. The number of anilines is 2. The van der Waals surface area contributed by atoms with E-state index in [1.54, 1.807) is 19.2 Å². The molecule has 0 aromatic heterocycles. The Morgan fingerprint density at radius 2 is 1.64 bits per heavy atom. The first-order valence-electron chi connectivity index (χ1n) is 7.18. The van der Waals surface area contributed by atoms with E-state index >= 15 is 0 Å². The maximum absolute atomic E-state index is 9.99. The molecule has 4 nitrogen and oxygen atoms in total. The van der Waals surface area contributed by atoms with Gasteiger partial charge in [-0.15, -0.1) is 0 Å². The second-order valence-electron chi connectivity index (χ2n) is 5.36. The zero-order valence-corrected chi connectivity index (χ0v) is 12.1. The molecule has 0 unspecified atom stereocenters. The number of methoxy groups -OCH3 is 1. The molecule has 1 aliphatic rings. The van der Waals surface area contributed by atoms with Crippen molar-refractivity contribution in [2.75, 3.05) is 17.7 Å². The average Bonchev–Trinajstić information content (AvgIpc) is 2.55. The number of phenolic OH excluding ortho intramolecular Hbond substituents is 1. The molecule has 0 saturated carbocycles. The second-order valence-corrected chi connectivity index (χ2v) is 5.36. The fourth-order valence-electron chi connectivity index (χ4n) is 2.98. The lowest BCUT2D eigenvalue weighted by molar-refractivity contribution is 0.373. The van der Waals surface area contributed by atoms with Crippen molar-refractivity contribution >= 4 is 22.1 Å². The van der Waals surface area contributed by atoms with E-state index in [1.807, 2.05) is 18.2 Å². The Morgan fingerprint density at radius 1 is 0.955 bits per heavy atom. The number of hydrogen-bond donors (Lipinski definition) is 3. The van der Waals surface area contributed by atoms with Gasteiger partial charge >= 0.3 is 0 Å². The van der Waals surface area contributed by atoms with Crippen molar-refractivity contribution in [2.24, 2.45) is 0 Å². The topological polar surface area (TPSA) is 53.5 Å². The van der Waals surface area contributed by atoms with Crippen molar-refractivity contribution in [3.63, 3.8) is 0 Å². The second kappa shape index (κ2) is 4.84. The van der Waals surface area contributed by atoms with Gasteiger partial charge in [0.2, 0.25) is 0 Å². The summed E-state index contributed by atoms with van der Waals surface area (Å²) in [7, 11) is 1.54. The van der Waals surface area contributed by atoms with Crippen molar-refractivity contribution in [2.45, 2.75) is 6.17 Å². The summed E-state index contributed by atoms with van der Waals surface area (Å²) in [5.74, 6) is 0.614. The van der Waals surface area contributed by atoms with E-state index in [0.29, 0.717) is 5.75 Å². The molecule has 1 heterocycles. The number of hydrogen-bond acceptors (Lipinski definition) is 4. The van der Waals surface area contributed by atoms with Crippen LogP contribution in [0.5, 0.6) is 11.5 Å². The van der Waals surface area contributed by atoms with Gasteiger partial charge < -0.3 is 20.5 Å². The molecular formula is C18H16N2O2. The maximum Gasteiger partial charge on any atom is 0.160 e. The Labute approximate surface area is 128 Å². The molecular weight excluding hydrogens is 276 g/mol. The molecule has 22 heavy (non-hydrogen) atoms. The zero-order valence-electron chi connectivity index (χ0n) is 12.1. The minimum absolute atomic E-state index is 0.0997. The molecule has 0 aliphatic carbocycles. The molecule has 3 N–H and O–H groups in total. The lowest BCUT2D eigenvalue weighted by Gasteiger charge is -2.30. The minimum atomic E-state index is -0.0997. The fraction of sp³-hybridized carbons (Fsp3) is 0.111. The van der Waals surface area contributed by atoms with Crippen LogP contribution in [-0.2, 0) is 0 Å². The van der Waals surface area contributed by atoms with Crippen LogP contribution in [0.3, 0.4) is 0 Å². The van der Waals surface area contributed by atoms with Crippen LogP contribution in [0.25, 0.3) is 10.8 Å². The van der Waals surface area contributed by atoms with E-state index in [1.165, 1.54) is 10.8 Å². The van der Waals surface area contributed by atoms with Crippen LogP contribution in [0.2, 0.25) is 0 Å². The standard InChI is InChI=1S/C18H16N2O2/c1-22-16-9-8-12(10-15(16)21)18-19-13-6-2-4-11-5-3-7-14(20-18)17(11)13/h2-10,18-21H,1H3. The first-order valence-corrected chi connectivity index (χ1v) is 7.18. The largest absolute Gasteiger partial charge is 0.504 e. The summed E-state index contributed by atoms with van der Waals surface area (Å²) < 4.78 is 5.10. The van der Waals surface area contributed by atoms with E-state index in [4.69, 9.17) is 4.74 Å². The van der Waals surface area contributed by atoms with E-state index in [9.17, 15) is 5.11 Å². The first kappa shape index (κ1) is 12.8. The summed E-state index contributed by atoms with van der Waals surface area (Å²) in [6.07, 6.45) is -0.0997. The van der Waals surface area contributed by atoms with Crippen LogP contribution in [0, 0.1) is 0 Å². The summed E-state index contributed by atoms with van der Waals surface area (Å²) in [5.41, 5.74) is 3.13. The number of phenols is 1. The highest BCUT2D eigenvalue weighted by molar-refractivity contribution is 6.04. The van der Waals surface area contributed by atoms with Crippen LogP contribution in [0.1, 0.15) is 11.7 Å². The van der Waals surface area contributed by atoms with Crippen LogP contribution >= 0.6 is 0 Å². The summed E-state index contributed by atoms with van der Waals surface area (Å²) in [6.45, 7) is 0. The van der Waals surface area contributed by atoms with Gasteiger partial charge in [0, 0.05) is 16.8 Å². The van der Waals surface area contributed by atoms with Crippen LogP contribution in [0.15, 0.2) is 54.6 Å². The van der Waals surface area contributed by atoms with Crippen molar-refractivity contribution in [1.29, 1.82) is 0 Å². The van der Waals surface area contributed by atoms with Crippen LogP contribution < -0.4 is 15.4 Å². The number of benzene rings is 3. The van der Waals surface area contributed by atoms with E-state index in [-0.39, 0.29) is 11.9 Å². The molecule has 4 heteroatoms. The third-order valence-electron chi connectivity index (χ3n) is 4.04. The van der Waals surface area contributed by atoms with Gasteiger partial charge in [0.15, 0.2) is 11.5 Å². The number of aromatic hydroxyl groups is 1. The van der Waals surface area contributed by atoms with Gasteiger partial charge in [-0.05, 0) is 35.2 Å². The van der Waals surface area contributed by atoms with Crippen molar-refractivity contribution in [1.82, 2.24) is 0 Å². The summed E-state index contributed by atoms with van der Waals surface area (Å²) in [5, 5.41) is 19.3. The van der Waals surface area contributed by atoms with Crippen LogP contribution in [-0.4, -0.2) is 12.2 Å². The zero-order chi connectivity index (χ0) is 15.1. The Hall–Kier alpha value is -2.88. The fourth-order valence-corrected chi connectivity index (χ4v) is 2.98. The Balaban J connectivity index is 1.77. The van der Waals surface area contributed by atoms with Gasteiger partial charge in [-0.3, -0.25) is 0 Å². The monoisotopic (exact) mass is 292 g/mol. The van der Waals surface area contributed by atoms with Gasteiger partial charge in [0.25, 0.3) is 0 Å². The predicted octanol–water partition coefficient (Wildman–Crippen LogP) is 4.09. The molecule has 0 radical (unpaired) electrons. The van der Waals surface area contributed by atoms with Crippen LogP contribution in [0.4, 0.5) is 11.4 Å². The average molecular weight is 292 g/mol. The third kappa shape index (κ3) is 1.92. The predicted molar refractivity (Wildman–Crippen MR) is 88.6 cm³/mol. The number of nitrogens with one attached hydrogen (secondary N) is 2. The van der Waals surface area contributed by atoms with Gasteiger partial charge in [0.1, 0.15) is 6.17 Å². The Morgan fingerprint density at radius 3 is 2.23 bits per heavy atom. The number of ether oxygens (including phenoxy) is 1. The summed E-state index contributed by atoms with van der Waals surface area (Å²) >= 11 is 0. The minimum Gasteiger partial charge on any atom is -0.504 e. The normalized spacial score (nSPS) is 13.5. The van der Waals surface area contributed by atoms with E-state index in [0.717, 1.165) is 16.9 Å². The van der Waals surface area contributed by atoms with E-state index in [2.05, 4.69) is 34.9 Å². The van der Waals surface area contributed by atoms with Crippen molar-refractivity contribution in [3.05, 3.63) is 60.2 Å². The smallest absolute Gasteiger partial charge is 0.160 e. The van der Waals surface area contributed by atoms with Gasteiger partial charge in [-0.2, -0.15) is 0 Å². The molecule has 4 rings (SSSR count). The lowest BCUT2D eigenvalue weighted by atomic mass is 10.0. The Bertz CT molecular complexity index is 820. The summed E-state index contributed by atoms with van der Waals surface area (Å²) in [4.78, 5) is 0. The highest BCUT2D eigenvalue weighted by Gasteiger charge is 2.20. The molecule has 1 aliphatic heterocycles.